The van der Waals surface area contributed by atoms with Crippen LogP contribution in [0.4, 0.5) is 4.79 Å². The van der Waals surface area contributed by atoms with Gasteiger partial charge in [0.15, 0.2) is 23.0 Å². The van der Waals surface area contributed by atoms with E-state index < -0.39 is 0 Å². The number of rotatable bonds is 6. The van der Waals surface area contributed by atoms with Crippen molar-refractivity contribution in [1.29, 1.82) is 0 Å². The van der Waals surface area contributed by atoms with Crippen molar-refractivity contribution in [2.75, 3.05) is 27.1 Å². The monoisotopic (exact) mass is 399 g/mol. The Bertz CT molecular complexity index is 957. The average molecular weight is 399 g/mol. The molecule has 0 unspecified atom stereocenters. The molecule has 1 saturated heterocycles. The van der Waals surface area contributed by atoms with Crippen molar-refractivity contribution in [3.8, 4) is 23.0 Å². The Labute approximate surface area is 165 Å². The first-order chi connectivity index (χ1) is 13.7. The highest BCUT2D eigenvalue weighted by Gasteiger charge is 2.35. The second-order valence-electron chi connectivity index (χ2n) is 5.95. The van der Waals surface area contributed by atoms with Crippen LogP contribution in [0.15, 0.2) is 47.4 Å². The highest BCUT2D eigenvalue weighted by Crippen LogP contribution is 2.36. The molecule has 0 aromatic heterocycles. The summed E-state index contributed by atoms with van der Waals surface area (Å²) in [7, 11) is 1.56. The Balaban J connectivity index is 1.41. The quantitative estimate of drug-likeness (QED) is 0.688. The van der Waals surface area contributed by atoms with Gasteiger partial charge < -0.3 is 18.9 Å². The first-order valence-electron chi connectivity index (χ1n) is 8.56. The molecule has 2 aromatic carbocycles. The zero-order valence-electron chi connectivity index (χ0n) is 15.0. The minimum Gasteiger partial charge on any atom is -0.493 e. The average Bonchev–Trinajstić information content (AvgIpc) is 3.27. The van der Waals surface area contributed by atoms with Crippen molar-refractivity contribution in [1.82, 2.24) is 4.90 Å². The van der Waals surface area contributed by atoms with E-state index in [1.54, 1.807) is 37.5 Å². The van der Waals surface area contributed by atoms with Crippen LogP contribution < -0.4 is 18.9 Å². The Morgan fingerprint density at radius 3 is 2.71 bits per heavy atom. The topological polar surface area (TPSA) is 74.3 Å². The summed E-state index contributed by atoms with van der Waals surface area (Å²) in [5.74, 6) is 2.11. The highest BCUT2D eigenvalue weighted by atomic mass is 32.2. The molecule has 2 aromatic rings. The fraction of sp³-hybridized carbons (Fsp3) is 0.200. The highest BCUT2D eigenvalue weighted by molar-refractivity contribution is 8.18. The van der Waals surface area contributed by atoms with Gasteiger partial charge in [0.2, 0.25) is 6.79 Å². The van der Waals surface area contributed by atoms with Gasteiger partial charge in [-0.15, -0.1) is 0 Å². The number of nitrogens with zero attached hydrogens (tertiary/aromatic N) is 1. The molecular weight excluding hydrogens is 382 g/mol. The summed E-state index contributed by atoms with van der Waals surface area (Å²) in [4.78, 5) is 26.4. The molecule has 0 radical (unpaired) electrons. The van der Waals surface area contributed by atoms with Crippen LogP contribution in [0.1, 0.15) is 5.56 Å². The van der Waals surface area contributed by atoms with Crippen LogP contribution in [0.5, 0.6) is 23.0 Å². The Morgan fingerprint density at radius 1 is 1.11 bits per heavy atom. The maximum absolute atomic E-state index is 12.6. The number of thioether (sulfide) groups is 1. The first-order valence-corrected chi connectivity index (χ1v) is 9.38. The normalized spacial score (nSPS) is 16.8. The summed E-state index contributed by atoms with van der Waals surface area (Å²) in [6.45, 7) is 0.512. The maximum atomic E-state index is 12.6. The number of fused-ring (bicyclic) bond motifs is 1. The lowest BCUT2D eigenvalue weighted by Gasteiger charge is -2.14. The zero-order valence-corrected chi connectivity index (χ0v) is 15.9. The molecule has 0 N–H and O–H groups in total. The molecule has 8 heteroatoms. The van der Waals surface area contributed by atoms with E-state index in [2.05, 4.69) is 0 Å². The van der Waals surface area contributed by atoms with E-state index >= 15 is 0 Å². The van der Waals surface area contributed by atoms with E-state index in [9.17, 15) is 9.59 Å². The van der Waals surface area contributed by atoms with Gasteiger partial charge in [0, 0.05) is 0 Å². The smallest absolute Gasteiger partial charge is 0.293 e. The number of para-hydroxylation sites is 2. The summed E-state index contributed by atoms with van der Waals surface area (Å²) in [6.07, 6.45) is 1.67. The summed E-state index contributed by atoms with van der Waals surface area (Å²) in [6, 6.07) is 12.6. The van der Waals surface area contributed by atoms with Gasteiger partial charge in [-0.1, -0.05) is 18.2 Å². The number of carbonyl (C=O) groups is 2. The van der Waals surface area contributed by atoms with Crippen LogP contribution in [0.2, 0.25) is 0 Å². The van der Waals surface area contributed by atoms with Gasteiger partial charge in [-0.2, -0.15) is 0 Å². The number of amides is 2. The second kappa shape index (κ2) is 7.85. The van der Waals surface area contributed by atoms with E-state index in [4.69, 9.17) is 18.9 Å². The van der Waals surface area contributed by atoms with Crippen LogP contribution in [-0.4, -0.2) is 43.1 Å². The Hall–Kier alpha value is -3.13. The lowest BCUT2D eigenvalue weighted by atomic mass is 10.2. The Kier molecular flexibility index (Phi) is 5.12. The number of hydrogen-bond donors (Lipinski definition) is 0. The van der Waals surface area contributed by atoms with Crippen molar-refractivity contribution >= 4 is 29.0 Å². The van der Waals surface area contributed by atoms with Gasteiger partial charge in [0.1, 0.15) is 6.61 Å². The molecule has 0 saturated carbocycles. The third-order valence-electron chi connectivity index (χ3n) is 4.21. The molecule has 1 fully saturated rings. The molecule has 0 atom stereocenters. The Morgan fingerprint density at radius 2 is 1.89 bits per heavy atom. The van der Waals surface area contributed by atoms with Crippen molar-refractivity contribution in [2.45, 2.75) is 0 Å². The summed E-state index contributed by atoms with van der Waals surface area (Å²) < 4.78 is 21.5. The molecule has 2 aliphatic heterocycles. The maximum Gasteiger partial charge on any atom is 0.293 e. The molecule has 2 heterocycles. The SMILES string of the molecule is COc1ccccc1OCCN1C(=O)S/C(=C\c2ccc3c(c2)OCO3)C1=O. The number of methoxy groups -OCH3 is 1. The molecule has 0 bridgehead atoms. The van der Waals surface area contributed by atoms with E-state index in [0.717, 1.165) is 17.3 Å². The molecule has 28 heavy (non-hydrogen) atoms. The second-order valence-corrected chi connectivity index (χ2v) is 6.94. The van der Waals surface area contributed by atoms with Crippen LogP contribution in [0.3, 0.4) is 0 Å². The number of hydrogen-bond acceptors (Lipinski definition) is 7. The molecule has 2 amide bonds. The van der Waals surface area contributed by atoms with Gasteiger partial charge in [0.05, 0.1) is 18.6 Å². The van der Waals surface area contributed by atoms with Gasteiger partial charge >= 0.3 is 0 Å². The van der Waals surface area contributed by atoms with Gasteiger partial charge in [-0.25, -0.2) is 0 Å². The largest absolute Gasteiger partial charge is 0.493 e. The standard InChI is InChI=1S/C20H17NO6S/c1-24-14-4-2-3-5-15(14)25-9-8-21-19(22)18(28-20(21)23)11-13-6-7-16-17(10-13)27-12-26-16/h2-7,10-11H,8-9,12H2,1H3/b18-11-. The molecule has 4 rings (SSSR count). The van der Waals surface area contributed by atoms with Crippen molar-refractivity contribution in [3.05, 3.63) is 52.9 Å². The fourth-order valence-corrected chi connectivity index (χ4v) is 3.70. The fourth-order valence-electron chi connectivity index (χ4n) is 2.83. The summed E-state index contributed by atoms with van der Waals surface area (Å²) in [5.41, 5.74) is 0.764. The lowest BCUT2D eigenvalue weighted by molar-refractivity contribution is -0.123. The van der Waals surface area contributed by atoms with Crippen molar-refractivity contribution in [2.24, 2.45) is 0 Å². The molecule has 144 valence electrons. The molecule has 0 spiro atoms. The predicted octanol–water partition coefficient (Wildman–Crippen LogP) is 3.54. The summed E-state index contributed by atoms with van der Waals surface area (Å²) in [5, 5.41) is -0.319. The molecule has 2 aliphatic rings. The van der Waals surface area contributed by atoms with E-state index in [-0.39, 0.29) is 31.1 Å². The van der Waals surface area contributed by atoms with Crippen molar-refractivity contribution in [3.63, 3.8) is 0 Å². The predicted molar refractivity (Wildman–Crippen MR) is 104 cm³/mol. The van der Waals surface area contributed by atoms with Crippen LogP contribution in [-0.2, 0) is 4.79 Å². The first kappa shape index (κ1) is 18.2. The van der Waals surface area contributed by atoms with Gasteiger partial charge in [-0.05, 0) is 47.7 Å². The summed E-state index contributed by atoms with van der Waals surface area (Å²) >= 11 is 0.910. The number of imide groups is 1. The zero-order chi connectivity index (χ0) is 19.5. The third kappa shape index (κ3) is 3.63. The molecule has 0 aliphatic carbocycles. The molecular formula is C20H17NO6S. The van der Waals surface area contributed by atoms with Crippen LogP contribution >= 0.6 is 11.8 Å². The lowest BCUT2D eigenvalue weighted by Crippen LogP contribution is -2.32. The van der Waals surface area contributed by atoms with Gasteiger partial charge in [-0.3, -0.25) is 14.5 Å². The minimum atomic E-state index is -0.337. The third-order valence-corrected chi connectivity index (χ3v) is 5.12. The van der Waals surface area contributed by atoms with Crippen LogP contribution in [0, 0.1) is 0 Å². The number of carbonyl (C=O) groups excluding carboxylic acids is 2. The van der Waals surface area contributed by atoms with E-state index in [1.807, 2.05) is 18.2 Å². The van der Waals surface area contributed by atoms with Gasteiger partial charge in [0.25, 0.3) is 11.1 Å². The van der Waals surface area contributed by atoms with E-state index in [0.29, 0.717) is 27.9 Å². The van der Waals surface area contributed by atoms with Crippen LogP contribution in [0.25, 0.3) is 6.08 Å². The minimum absolute atomic E-state index is 0.154. The molecule has 7 nitrogen and oxygen atoms in total. The number of benzene rings is 2. The number of ether oxygens (including phenoxy) is 4. The van der Waals surface area contributed by atoms with Crippen molar-refractivity contribution < 1.29 is 28.5 Å². The van der Waals surface area contributed by atoms with E-state index in [1.165, 1.54) is 4.90 Å².